The SMILES string of the molecule is CCCCCCCOc1c(Cl)cc(C(=O)Nc2nc3ccc(OCC)cc3s2)cc1Cl. The summed E-state index contributed by atoms with van der Waals surface area (Å²) < 4.78 is 12.2. The molecule has 8 heteroatoms. The first-order valence-electron chi connectivity index (χ1n) is 10.5. The lowest BCUT2D eigenvalue weighted by Crippen LogP contribution is -2.12. The lowest BCUT2D eigenvalue weighted by Gasteiger charge is -2.11. The van der Waals surface area contributed by atoms with E-state index in [0.717, 1.165) is 28.8 Å². The number of anilines is 1. The molecule has 0 aliphatic carbocycles. The number of hydrogen-bond donors (Lipinski definition) is 1. The molecule has 0 fully saturated rings. The third kappa shape index (κ3) is 6.48. The number of aromatic nitrogens is 1. The minimum absolute atomic E-state index is 0.317. The number of unbranched alkanes of at least 4 members (excludes halogenated alkanes) is 4. The lowest BCUT2D eigenvalue weighted by molar-refractivity contribution is 0.102. The molecule has 3 aromatic rings. The van der Waals surface area contributed by atoms with Crippen LogP contribution < -0.4 is 14.8 Å². The van der Waals surface area contributed by atoms with Crippen LogP contribution in [0.2, 0.25) is 10.0 Å². The molecule has 1 heterocycles. The summed E-state index contributed by atoms with van der Waals surface area (Å²) in [5.74, 6) is 0.855. The fraction of sp³-hybridized carbons (Fsp3) is 0.391. The number of fused-ring (bicyclic) bond motifs is 1. The molecule has 0 radical (unpaired) electrons. The van der Waals surface area contributed by atoms with Gasteiger partial charge < -0.3 is 9.47 Å². The van der Waals surface area contributed by atoms with Crippen molar-refractivity contribution in [1.82, 2.24) is 4.98 Å². The molecule has 0 atom stereocenters. The van der Waals surface area contributed by atoms with Crippen molar-refractivity contribution >= 4 is 55.8 Å². The van der Waals surface area contributed by atoms with Crippen LogP contribution in [0.5, 0.6) is 11.5 Å². The van der Waals surface area contributed by atoms with Crippen molar-refractivity contribution in [2.24, 2.45) is 0 Å². The van der Waals surface area contributed by atoms with E-state index in [1.807, 2.05) is 25.1 Å². The Bertz CT molecular complexity index is 1020. The minimum atomic E-state index is -0.334. The first-order chi connectivity index (χ1) is 15.0. The molecule has 0 spiro atoms. The van der Waals surface area contributed by atoms with E-state index in [0.29, 0.717) is 39.7 Å². The minimum Gasteiger partial charge on any atom is -0.494 e. The fourth-order valence-corrected chi connectivity index (χ4v) is 4.58. The van der Waals surface area contributed by atoms with Gasteiger partial charge in [0.1, 0.15) is 5.75 Å². The van der Waals surface area contributed by atoms with E-state index in [4.69, 9.17) is 32.7 Å². The van der Waals surface area contributed by atoms with Crippen LogP contribution in [0.4, 0.5) is 5.13 Å². The van der Waals surface area contributed by atoms with Gasteiger partial charge in [0, 0.05) is 5.56 Å². The number of nitrogens with one attached hydrogen (secondary N) is 1. The van der Waals surface area contributed by atoms with Crippen LogP contribution in [0.25, 0.3) is 10.2 Å². The molecule has 166 valence electrons. The summed E-state index contributed by atoms with van der Waals surface area (Å²) in [5, 5.41) is 3.94. The van der Waals surface area contributed by atoms with Crippen molar-refractivity contribution in [3.8, 4) is 11.5 Å². The predicted molar refractivity (Wildman–Crippen MR) is 129 cm³/mol. The highest BCUT2D eigenvalue weighted by Gasteiger charge is 2.16. The zero-order chi connectivity index (χ0) is 22.2. The average molecular weight is 481 g/mol. The van der Waals surface area contributed by atoms with Gasteiger partial charge in [0.25, 0.3) is 5.91 Å². The molecular weight excluding hydrogens is 455 g/mol. The summed E-state index contributed by atoms with van der Waals surface area (Å²) >= 11 is 14.1. The van der Waals surface area contributed by atoms with Crippen molar-refractivity contribution in [3.63, 3.8) is 0 Å². The molecule has 1 aromatic heterocycles. The van der Waals surface area contributed by atoms with Gasteiger partial charge in [0.2, 0.25) is 0 Å². The van der Waals surface area contributed by atoms with Crippen molar-refractivity contribution < 1.29 is 14.3 Å². The Balaban J connectivity index is 1.64. The first kappa shape index (κ1) is 23.6. The number of hydrogen-bond acceptors (Lipinski definition) is 5. The second-order valence-corrected chi connectivity index (χ2v) is 8.91. The van der Waals surface area contributed by atoms with Gasteiger partial charge in [-0.25, -0.2) is 4.98 Å². The molecule has 1 amide bonds. The van der Waals surface area contributed by atoms with Crippen molar-refractivity contribution in [2.45, 2.75) is 46.0 Å². The van der Waals surface area contributed by atoms with Gasteiger partial charge in [-0.2, -0.15) is 0 Å². The number of halogens is 2. The molecule has 0 bridgehead atoms. The maximum absolute atomic E-state index is 12.7. The van der Waals surface area contributed by atoms with E-state index in [9.17, 15) is 4.79 Å². The second-order valence-electron chi connectivity index (χ2n) is 7.07. The van der Waals surface area contributed by atoms with Crippen LogP contribution in [-0.4, -0.2) is 24.1 Å². The normalized spacial score (nSPS) is 11.0. The van der Waals surface area contributed by atoms with Crippen LogP contribution in [0.1, 0.15) is 56.3 Å². The van der Waals surface area contributed by atoms with Crippen molar-refractivity contribution in [1.29, 1.82) is 0 Å². The average Bonchev–Trinajstić information content (AvgIpc) is 3.13. The summed E-state index contributed by atoms with van der Waals surface area (Å²) in [6.07, 6.45) is 5.68. The molecule has 0 saturated carbocycles. The molecule has 0 aliphatic heterocycles. The smallest absolute Gasteiger partial charge is 0.257 e. The summed E-state index contributed by atoms with van der Waals surface area (Å²) in [7, 11) is 0. The van der Waals surface area contributed by atoms with Gasteiger partial charge >= 0.3 is 0 Å². The van der Waals surface area contributed by atoms with E-state index in [2.05, 4.69) is 17.2 Å². The Morgan fingerprint density at radius 1 is 1.03 bits per heavy atom. The van der Waals surface area contributed by atoms with Gasteiger partial charge in [0.05, 0.1) is 33.5 Å². The molecule has 0 unspecified atom stereocenters. The van der Waals surface area contributed by atoms with Crippen LogP contribution in [-0.2, 0) is 0 Å². The summed E-state index contributed by atoms with van der Waals surface area (Å²) in [6, 6.07) is 8.77. The Morgan fingerprint density at radius 2 is 1.77 bits per heavy atom. The molecule has 0 saturated heterocycles. The Hall–Kier alpha value is -2.02. The van der Waals surface area contributed by atoms with E-state index >= 15 is 0 Å². The van der Waals surface area contributed by atoms with Crippen molar-refractivity contribution in [3.05, 3.63) is 45.9 Å². The third-order valence-electron chi connectivity index (χ3n) is 4.65. The molecule has 0 aliphatic rings. The number of carbonyl (C=O) groups is 1. The Kier molecular flexibility index (Phi) is 8.81. The molecule has 31 heavy (non-hydrogen) atoms. The number of benzene rings is 2. The number of amides is 1. The topological polar surface area (TPSA) is 60.5 Å². The highest BCUT2D eigenvalue weighted by atomic mass is 35.5. The molecule has 1 N–H and O–H groups in total. The lowest BCUT2D eigenvalue weighted by atomic mass is 10.2. The predicted octanol–water partition coefficient (Wildman–Crippen LogP) is 7.60. The summed E-state index contributed by atoms with van der Waals surface area (Å²) in [5.41, 5.74) is 1.14. The number of rotatable bonds is 11. The Labute approximate surface area is 196 Å². The maximum Gasteiger partial charge on any atom is 0.257 e. The summed E-state index contributed by atoms with van der Waals surface area (Å²) in [6.45, 7) is 5.25. The van der Waals surface area contributed by atoms with E-state index in [1.54, 1.807) is 12.1 Å². The largest absolute Gasteiger partial charge is 0.494 e. The number of ether oxygens (including phenoxy) is 2. The fourth-order valence-electron chi connectivity index (χ4n) is 3.09. The van der Waals surface area contributed by atoms with E-state index < -0.39 is 0 Å². The molecule has 5 nitrogen and oxygen atoms in total. The van der Waals surface area contributed by atoms with Gasteiger partial charge in [-0.3, -0.25) is 10.1 Å². The number of carbonyl (C=O) groups excluding carboxylic acids is 1. The van der Waals surface area contributed by atoms with Crippen LogP contribution in [0.3, 0.4) is 0 Å². The monoisotopic (exact) mass is 480 g/mol. The van der Waals surface area contributed by atoms with Crippen LogP contribution >= 0.6 is 34.5 Å². The van der Waals surface area contributed by atoms with Crippen LogP contribution in [0.15, 0.2) is 30.3 Å². The maximum atomic E-state index is 12.7. The zero-order valence-electron chi connectivity index (χ0n) is 17.7. The summed E-state index contributed by atoms with van der Waals surface area (Å²) in [4.78, 5) is 17.2. The second kappa shape index (κ2) is 11.6. The van der Waals surface area contributed by atoms with Gasteiger partial charge in [-0.05, 0) is 43.7 Å². The standard InChI is InChI=1S/C23H26Cl2N2O3S/c1-3-5-6-7-8-11-30-21-17(24)12-15(13-18(21)25)22(28)27-23-26-19-10-9-16(29-4-2)14-20(19)31-23/h9-10,12-14H,3-8,11H2,1-2H3,(H,26,27,28). The molecule has 3 rings (SSSR count). The quantitative estimate of drug-likeness (QED) is 0.287. The highest BCUT2D eigenvalue weighted by molar-refractivity contribution is 7.22. The van der Waals surface area contributed by atoms with E-state index in [-0.39, 0.29) is 5.91 Å². The molecular formula is C23H26Cl2N2O3S. The van der Waals surface area contributed by atoms with Crippen LogP contribution in [0, 0.1) is 0 Å². The van der Waals surface area contributed by atoms with Gasteiger partial charge in [0.15, 0.2) is 10.9 Å². The number of nitrogens with zero attached hydrogens (tertiary/aromatic N) is 1. The van der Waals surface area contributed by atoms with Crippen molar-refractivity contribution in [2.75, 3.05) is 18.5 Å². The molecule has 2 aromatic carbocycles. The number of thiazole rings is 1. The zero-order valence-corrected chi connectivity index (χ0v) is 20.0. The highest BCUT2D eigenvalue weighted by Crippen LogP contribution is 2.35. The Morgan fingerprint density at radius 3 is 2.48 bits per heavy atom. The van der Waals surface area contributed by atoms with E-state index in [1.165, 1.54) is 30.6 Å². The van der Waals surface area contributed by atoms with Gasteiger partial charge in [-0.1, -0.05) is 67.1 Å². The first-order valence-corrected chi connectivity index (χ1v) is 12.1. The van der Waals surface area contributed by atoms with Gasteiger partial charge in [-0.15, -0.1) is 0 Å². The third-order valence-corrected chi connectivity index (χ3v) is 6.14.